The van der Waals surface area contributed by atoms with E-state index >= 15 is 0 Å². The monoisotopic (exact) mass is 417 g/mol. The molecular weight excluding hydrogens is 394 g/mol. The van der Waals surface area contributed by atoms with Gasteiger partial charge in [-0.2, -0.15) is 0 Å². The number of para-hydroxylation sites is 1. The number of benzene rings is 3. The number of anilines is 1. The molecule has 158 valence electrons. The maximum atomic E-state index is 13.0. The molecule has 0 bridgehead atoms. The van der Waals surface area contributed by atoms with E-state index in [9.17, 15) is 14.4 Å². The minimum atomic E-state index is -1.08. The highest BCUT2D eigenvalue weighted by atomic mass is 16.4. The number of carbonyl (C=O) groups excluding carboxylic acids is 2. The zero-order valence-electron chi connectivity index (χ0n) is 17.0. The number of carboxylic acids is 1. The van der Waals surface area contributed by atoms with Crippen molar-refractivity contribution in [2.75, 3.05) is 4.90 Å². The fourth-order valence-electron chi connectivity index (χ4n) is 3.74. The normalized spacial score (nSPS) is 18.2. The first-order valence-electron chi connectivity index (χ1n) is 10.1. The summed E-state index contributed by atoms with van der Waals surface area (Å²) in [5.74, 6) is -1.84. The van der Waals surface area contributed by atoms with Crippen molar-refractivity contribution in [1.29, 1.82) is 0 Å². The number of carbonyl (C=O) groups is 3. The first-order chi connectivity index (χ1) is 15.0. The van der Waals surface area contributed by atoms with E-state index in [1.165, 1.54) is 4.90 Å². The van der Waals surface area contributed by atoms with Crippen LogP contribution in [0.25, 0.3) is 10.8 Å². The van der Waals surface area contributed by atoms with E-state index in [2.05, 4.69) is 10.6 Å². The number of hydrogen-bond acceptors (Lipinski definition) is 4. The second-order valence-corrected chi connectivity index (χ2v) is 7.54. The van der Waals surface area contributed by atoms with Crippen LogP contribution >= 0.6 is 0 Å². The van der Waals surface area contributed by atoms with E-state index in [-0.39, 0.29) is 5.91 Å². The summed E-state index contributed by atoms with van der Waals surface area (Å²) >= 11 is 0. The third kappa shape index (κ3) is 4.27. The van der Waals surface area contributed by atoms with Crippen molar-refractivity contribution >= 4 is 34.2 Å². The van der Waals surface area contributed by atoms with E-state index < -0.39 is 30.0 Å². The highest BCUT2D eigenvalue weighted by Crippen LogP contribution is 2.23. The molecular formula is C24H23N3O4. The molecule has 1 aliphatic heterocycles. The molecule has 3 atom stereocenters. The lowest BCUT2D eigenvalue weighted by atomic mass is 10.0. The number of nitrogens with one attached hydrogen (secondary N) is 2. The van der Waals surface area contributed by atoms with E-state index in [1.54, 1.807) is 31.2 Å². The summed E-state index contributed by atoms with van der Waals surface area (Å²) in [7, 11) is 0. The molecule has 0 spiro atoms. The van der Waals surface area contributed by atoms with Gasteiger partial charge in [0.25, 0.3) is 0 Å². The van der Waals surface area contributed by atoms with Crippen LogP contribution in [-0.4, -0.2) is 41.0 Å². The van der Waals surface area contributed by atoms with Gasteiger partial charge < -0.3 is 10.4 Å². The molecule has 7 nitrogen and oxygen atoms in total. The summed E-state index contributed by atoms with van der Waals surface area (Å²) in [5, 5.41) is 16.9. The van der Waals surface area contributed by atoms with Crippen LogP contribution < -0.4 is 15.5 Å². The predicted octanol–water partition coefficient (Wildman–Crippen LogP) is 2.30. The molecule has 0 radical (unpaired) electrons. The number of carboxylic acid groups (broad SMARTS) is 1. The maximum Gasteiger partial charge on any atom is 0.322 e. The van der Waals surface area contributed by atoms with Gasteiger partial charge in [0.1, 0.15) is 18.1 Å². The predicted molar refractivity (Wildman–Crippen MR) is 118 cm³/mol. The summed E-state index contributed by atoms with van der Waals surface area (Å²) in [6.45, 7) is 1.96. The summed E-state index contributed by atoms with van der Waals surface area (Å²) in [6.07, 6.45) is 0. The van der Waals surface area contributed by atoms with Crippen LogP contribution in [0.1, 0.15) is 12.5 Å². The fourth-order valence-corrected chi connectivity index (χ4v) is 3.74. The average Bonchev–Trinajstić information content (AvgIpc) is 3.59. The number of amides is 2. The van der Waals surface area contributed by atoms with E-state index in [1.807, 2.05) is 48.5 Å². The summed E-state index contributed by atoms with van der Waals surface area (Å²) in [5.41, 5.74) is 1.52. The zero-order chi connectivity index (χ0) is 22.0. The van der Waals surface area contributed by atoms with Crippen LogP contribution in [0.15, 0.2) is 72.8 Å². The molecule has 0 aromatic heterocycles. The Morgan fingerprint density at radius 1 is 0.968 bits per heavy atom. The van der Waals surface area contributed by atoms with Crippen molar-refractivity contribution in [3.8, 4) is 0 Å². The Kier molecular flexibility index (Phi) is 5.68. The van der Waals surface area contributed by atoms with Crippen molar-refractivity contribution in [2.24, 2.45) is 0 Å². The SMILES string of the molecule is C[C@@H](C(=O)NCc1cccc2ccccc12)N(C(=O)[C@@H]1N[C@H]1C(=O)O)c1ccccc1. The van der Waals surface area contributed by atoms with Crippen LogP contribution in [0.5, 0.6) is 0 Å². The lowest BCUT2D eigenvalue weighted by Gasteiger charge is -2.28. The number of aliphatic carboxylic acids is 1. The Balaban J connectivity index is 1.52. The Bertz CT molecular complexity index is 1130. The molecule has 7 heteroatoms. The molecule has 1 heterocycles. The van der Waals surface area contributed by atoms with Gasteiger partial charge in [-0.3, -0.25) is 24.6 Å². The molecule has 3 N–H and O–H groups in total. The van der Waals surface area contributed by atoms with E-state index in [0.717, 1.165) is 16.3 Å². The Morgan fingerprint density at radius 2 is 1.65 bits per heavy atom. The molecule has 3 aromatic rings. The smallest absolute Gasteiger partial charge is 0.322 e. The summed E-state index contributed by atoms with van der Waals surface area (Å²) in [6, 6.07) is 20.1. The van der Waals surface area contributed by atoms with Crippen LogP contribution in [0.3, 0.4) is 0 Å². The lowest BCUT2D eigenvalue weighted by Crippen LogP contribution is -2.50. The molecule has 0 unspecified atom stereocenters. The number of hydrogen-bond donors (Lipinski definition) is 3. The standard InChI is InChI=1S/C24H23N3O4/c1-15(22(28)25-14-17-10-7-9-16-8-5-6-13-19(16)17)27(18-11-3-2-4-12-18)23(29)20-21(26-20)24(30)31/h2-13,15,20-21,26H,14H2,1H3,(H,25,28)(H,30,31)/t15-,20+,21+/m0/s1. The van der Waals surface area contributed by atoms with Crippen molar-refractivity contribution in [2.45, 2.75) is 31.6 Å². The van der Waals surface area contributed by atoms with Gasteiger partial charge >= 0.3 is 5.97 Å². The van der Waals surface area contributed by atoms with Crippen molar-refractivity contribution in [1.82, 2.24) is 10.6 Å². The third-order valence-electron chi connectivity index (χ3n) is 5.49. The van der Waals surface area contributed by atoms with Gasteiger partial charge in [-0.25, -0.2) is 0 Å². The van der Waals surface area contributed by atoms with Crippen LogP contribution in [0.2, 0.25) is 0 Å². The Hall–Kier alpha value is -3.71. The van der Waals surface area contributed by atoms with Gasteiger partial charge in [0, 0.05) is 12.2 Å². The van der Waals surface area contributed by atoms with Crippen molar-refractivity contribution in [3.63, 3.8) is 0 Å². The zero-order valence-corrected chi connectivity index (χ0v) is 17.0. The molecule has 1 aliphatic rings. The molecule has 0 saturated carbocycles. The lowest BCUT2D eigenvalue weighted by molar-refractivity contribution is -0.137. The first kappa shape index (κ1) is 20.6. The van der Waals surface area contributed by atoms with Gasteiger partial charge in [-0.1, -0.05) is 60.7 Å². The average molecular weight is 417 g/mol. The molecule has 1 fully saturated rings. The van der Waals surface area contributed by atoms with Crippen LogP contribution in [-0.2, 0) is 20.9 Å². The topological polar surface area (TPSA) is 109 Å². The largest absolute Gasteiger partial charge is 0.480 e. The molecule has 1 saturated heterocycles. The molecule has 0 aliphatic carbocycles. The maximum absolute atomic E-state index is 13.0. The Labute approximate surface area is 179 Å². The second-order valence-electron chi connectivity index (χ2n) is 7.54. The second kappa shape index (κ2) is 8.57. The van der Waals surface area contributed by atoms with Gasteiger partial charge in [-0.05, 0) is 35.4 Å². The van der Waals surface area contributed by atoms with Gasteiger partial charge in [0.2, 0.25) is 11.8 Å². The first-order valence-corrected chi connectivity index (χ1v) is 10.1. The third-order valence-corrected chi connectivity index (χ3v) is 5.49. The van der Waals surface area contributed by atoms with E-state index in [4.69, 9.17) is 5.11 Å². The molecule has 31 heavy (non-hydrogen) atoms. The van der Waals surface area contributed by atoms with Gasteiger partial charge in [0.05, 0.1) is 0 Å². The summed E-state index contributed by atoms with van der Waals surface area (Å²) in [4.78, 5) is 38.6. The van der Waals surface area contributed by atoms with Gasteiger partial charge in [0.15, 0.2) is 0 Å². The molecule has 2 amide bonds. The summed E-state index contributed by atoms with van der Waals surface area (Å²) < 4.78 is 0. The number of rotatable bonds is 7. The molecule has 3 aromatic carbocycles. The quantitative estimate of drug-likeness (QED) is 0.511. The van der Waals surface area contributed by atoms with Crippen LogP contribution in [0, 0.1) is 0 Å². The number of nitrogens with zero attached hydrogens (tertiary/aromatic N) is 1. The highest BCUT2D eigenvalue weighted by molar-refractivity contribution is 6.07. The van der Waals surface area contributed by atoms with Crippen molar-refractivity contribution in [3.05, 3.63) is 78.4 Å². The number of fused-ring (bicyclic) bond motifs is 1. The highest BCUT2D eigenvalue weighted by Gasteiger charge is 2.50. The van der Waals surface area contributed by atoms with Crippen LogP contribution in [0.4, 0.5) is 5.69 Å². The Morgan fingerprint density at radius 3 is 2.35 bits per heavy atom. The van der Waals surface area contributed by atoms with E-state index in [0.29, 0.717) is 12.2 Å². The van der Waals surface area contributed by atoms with Crippen molar-refractivity contribution < 1.29 is 19.5 Å². The minimum Gasteiger partial charge on any atom is -0.480 e. The molecule has 4 rings (SSSR count). The fraction of sp³-hybridized carbons (Fsp3) is 0.208. The van der Waals surface area contributed by atoms with Gasteiger partial charge in [-0.15, -0.1) is 0 Å². The minimum absolute atomic E-state index is 0.320.